The predicted octanol–water partition coefficient (Wildman–Crippen LogP) is 5.86. The Morgan fingerprint density at radius 1 is 1.24 bits per heavy atom. The van der Waals surface area contributed by atoms with Crippen LogP contribution in [-0.4, -0.2) is 74.1 Å². The summed E-state index contributed by atoms with van der Waals surface area (Å²) in [6, 6.07) is 5.76. The molecule has 2 unspecified atom stereocenters. The molecule has 1 aliphatic heterocycles. The van der Waals surface area contributed by atoms with Crippen LogP contribution in [0.15, 0.2) is 24.3 Å². The number of thiophene rings is 1. The zero-order valence-corrected chi connectivity index (χ0v) is 26.3. The number of ether oxygens (including phenoxy) is 2. The van der Waals surface area contributed by atoms with Crippen molar-refractivity contribution in [2.45, 2.75) is 57.4 Å². The molecule has 3 aromatic rings. The van der Waals surface area contributed by atoms with E-state index in [0.29, 0.717) is 34.4 Å². The maximum absolute atomic E-state index is 14.7. The van der Waals surface area contributed by atoms with Crippen molar-refractivity contribution in [3.63, 3.8) is 0 Å². The third-order valence-electron chi connectivity index (χ3n) is 7.15. The molecular weight excluding hydrogens is 614 g/mol. The van der Waals surface area contributed by atoms with Crippen LogP contribution in [0.2, 0.25) is 0 Å². The highest BCUT2D eigenvalue weighted by Crippen LogP contribution is 2.40. The number of primary amides is 1. The quantitative estimate of drug-likeness (QED) is 0.217. The second-order valence-corrected chi connectivity index (χ2v) is 12.8. The molecule has 0 radical (unpaired) electrons. The van der Waals surface area contributed by atoms with E-state index in [9.17, 15) is 27.2 Å². The Kier molecular flexibility index (Phi) is 10.1. The first-order chi connectivity index (χ1) is 21.1. The van der Waals surface area contributed by atoms with Crippen LogP contribution in [0.3, 0.4) is 0 Å². The molecule has 2 aromatic heterocycles. The summed E-state index contributed by atoms with van der Waals surface area (Å²) in [5.74, 6) is 4.73. The number of pyridine rings is 1. The predicted molar refractivity (Wildman–Crippen MR) is 166 cm³/mol. The molecule has 45 heavy (non-hydrogen) atoms. The fourth-order valence-electron chi connectivity index (χ4n) is 5.01. The summed E-state index contributed by atoms with van der Waals surface area (Å²) in [4.78, 5) is 30.8. The zero-order valence-electron chi connectivity index (χ0n) is 25.5. The number of hydrogen-bond donors (Lipinski definition) is 3. The van der Waals surface area contributed by atoms with E-state index in [0.717, 1.165) is 11.3 Å². The van der Waals surface area contributed by atoms with Gasteiger partial charge < -0.3 is 25.4 Å². The molecule has 1 aliphatic rings. The van der Waals surface area contributed by atoms with E-state index < -0.39 is 48.8 Å². The van der Waals surface area contributed by atoms with Gasteiger partial charge in [-0.2, -0.15) is 13.2 Å². The Labute approximate surface area is 262 Å². The zero-order chi connectivity index (χ0) is 33.1. The molecule has 0 aliphatic carbocycles. The number of benzene rings is 1. The van der Waals surface area contributed by atoms with Crippen LogP contribution in [0.4, 0.5) is 33.7 Å². The Morgan fingerprint density at radius 2 is 1.98 bits per heavy atom. The van der Waals surface area contributed by atoms with Crippen LogP contribution in [0.1, 0.15) is 53.8 Å². The fraction of sp³-hybridized carbons (Fsp3) is 0.452. The Hall–Kier alpha value is -4.09. The largest absolute Gasteiger partial charge is 0.494 e. The van der Waals surface area contributed by atoms with Gasteiger partial charge in [-0.1, -0.05) is 44.7 Å². The van der Waals surface area contributed by atoms with Crippen molar-refractivity contribution in [3.05, 3.63) is 46.1 Å². The molecule has 242 valence electrons. The number of nitrogens with one attached hydrogen (secondary N) is 2. The molecule has 0 saturated carbocycles. The van der Waals surface area contributed by atoms with Gasteiger partial charge in [0.2, 0.25) is 0 Å². The number of aromatic nitrogens is 1. The van der Waals surface area contributed by atoms with E-state index in [1.54, 1.807) is 18.2 Å². The van der Waals surface area contributed by atoms with Gasteiger partial charge in [-0.15, -0.1) is 11.3 Å². The summed E-state index contributed by atoms with van der Waals surface area (Å²) in [6.07, 6.45) is -7.20. The Balaban J connectivity index is 1.56. The lowest BCUT2D eigenvalue weighted by Gasteiger charge is -2.33. The Bertz CT molecular complexity index is 1640. The molecule has 0 bridgehead atoms. The second-order valence-electron chi connectivity index (χ2n) is 11.8. The van der Waals surface area contributed by atoms with Gasteiger partial charge >= 0.3 is 12.3 Å². The van der Waals surface area contributed by atoms with Crippen molar-refractivity contribution in [2.75, 3.05) is 44.5 Å². The molecule has 9 nitrogen and oxygen atoms in total. The highest BCUT2D eigenvalue weighted by molar-refractivity contribution is 7.20. The van der Waals surface area contributed by atoms with E-state index in [1.165, 1.54) is 13.2 Å². The van der Waals surface area contributed by atoms with E-state index in [1.807, 2.05) is 32.7 Å². The molecule has 1 aromatic carbocycles. The van der Waals surface area contributed by atoms with Gasteiger partial charge in [0.25, 0.3) is 5.91 Å². The summed E-state index contributed by atoms with van der Waals surface area (Å²) in [7, 11) is 3.19. The lowest BCUT2D eigenvalue weighted by Crippen LogP contribution is -2.46. The van der Waals surface area contributed by atoms with Crippen molar-refractivity contribution in [3.8, 4) is 17.6 Å². The number of nitrogens with zero attached hydrogens (tertiary/aromatic N) is 2. The number of likely N-dealkylation sites (tertiary alicyclic amines) is 1. The van der Waals surface area contributed by atoms with Crippen LogP contribution in [0, 0.1) is 11.8 Å². The van der Waals surface area contributed by atoms with Gasteiger partial charge in [-0.3, -0.25) is 10.1 Å². The van der Waals surface area contributed by atoms with Crippen molar-refractivity contribution in [1.82, 2.24) is 9.88 Å². The number of piperidine rings is 1. The van der Waals surface area contributed by atoms with Crippen molar-refractivity contribution < 1.29 is 36.6 Å². The minimum absolute atomic E-state index is 0.00319. The van der Waals surface area contributed by atoms with Crippen LogP contribution in [0.5, 0.6) is 5.75 Å². The second kappa shape index (κ2) is 13.5. The monoisotopic (exact) mass is 649 g/mol. The van der Waals surface area contributed by atoms with E-state index in [4.69, 9.17) is 15.2 Å². The number of nitrogens with two attached hydrogens (primary N) is 1. The van der Waals surface area contributed by atoms with Gasteiger partial charge in [0.1, 0.15) is 23.3 Å². The number of methoxy groups -OCH3 is 1. The smallest absolute Gasteiger partial charge is 0.412 e. The van der Waals surface area contributed by atoms with Crippen molar-refractivity contribution in [2.24, 2.45) is 5.73 Å². The number of amides is 2. The number of carbonyl (C=O) groups is 2. The van der Waals surface area contributed by atoms with Crippen LogP contribution in [0.25, 0.3) is 10.1 Å². The topological polar surface area (TPSA) is 119 Å². The number of fused-ring (bicyclic) bond motifs is 1. The SMILES string of the molecule is COc1cc(C(N)=O)nc(C(C)(C)C)c1NC(=O)OCC#Cc1sc2c(NC3CCN(C)CC3F)cccc2c1CC(F)(F)F. The summed E-state index contributed by atoms with van der Waals surface area (Å²) >= 11 is 1.07. The molecule has 0 spiro atoms. The van der Waals surface area contributed by atoms with Crippen molar-refractivity contribution in [1.29, 1.82) is 0 Å². The lowest BCUT2D eigenvalue weighted by molar-refractivity contribution is -0.126. The van der Waals surface area contributed by atoms with Gasteiger partial charge in [0.15, 0.2) is 6.61 Å². The van der Waals surface area contributed by atoms with E-state index >= 15 is 0 Å². The highest BCUT2D eigenvalue weighted by atomic mass is 32.1. The van der Waals surface area contributed by atoms with Crippen molar-refractivity contribution >= 4 is 44.8 Å². The summed E-state index contributed by atoms with van der Waals surface area (Å²) < 4.78 is 66.6. The number of hydrogen-bond acceptors (Lipinski definition) is 8. The maximum atomic E-state index is 14.7. The molecule has 2 amide bonds. The molecule has 4 rings (SSSR count). The van der Waals surface area contributed by atoms with Gasteiger partial charge in [0, 0.05) is 24.6 Å². The normalized spacial score (nSPS) is 17.4. The van der Waals surface area contributed by atoms with Crippen LogP contribution < -0.4 is 21.1 Å². The third-order valence-corrected chi connectivity index (χ3v) is 8.35. The number of carbonyl (C=O) groups excluding carboxylic acids is 2. The molecule has 4 N–H and O–H groups in total. The molecule has 1 saturated heterocycles. The molecule has 14 heteroatoms. The summed E-state index contributed by atoms with van der Waals surface area (Å²) in [6.45, 7) is 5.97. The molecule has 2 atom stereocenters. The number of halogens is 4. The van der Waals surface area contributed by atoms with Gasteiger partial charge in [-0.05, 0) is 30.5 Å². The Morgan fingerprint density at radius 3 is 2.60 bits per heavy atom. The fourth-order valence-corrected chi connectivity index (χ4v) is 6.18. The first-order valence-electron chi connectivity index (χ1n) is 14.1. The number of rotatable bonds is 7. The minimum Gasteiger partial charge on any atom is -0.494 e. The first kappa shape index (κ1) is 33.8. The molecular formula is C31H35F4N5O4S. The average Bonchev–Trinajstić information content (AvgIpc) is 3.28. The summed E-state index contributed by atoms with van der Waals surface area (Å²) in [5.41, 5.74) is 5.75. The standard InChI is InChI=1S/C31H35F4N5O4S/c1-30(2,3)27-25(23(43-5)14-22(38-27)28(36)41)39-29(42)44-13-7-10-24-18(15-31(33,34)35)17-8-6-9-21(26(17)45-24)37-20-11-12-40(4)16-19(20)32/h6,8-9,14,19-20,37H,11-13,15-16H2,1-5H3,(H2,36,41)(H,39,42). The molecule has 1 fully saturated rings. The third kappa shape index (κ3) is 8.34. The number of anilines is 2. The van der Waals surface area contributed by atoms with E-state index in [-0.39, 0.29) is 34.1 Å². The van der Waals surface area contributed by atoms with Gasteiger partial charge in [0.05, 0.1) is 40.5 Å². The lowest BCUT2D eigenvalue weighted by atomic mass is 9.89. The molecule has 3 heterocycles. The summed E-state index contributed by atoms with van der Waals surface area (Å²) in [5, 5.41) is 6.14. The van der Waals surface area contributed by atoms with Gasteiger partial charge in [-0.25, -0.2) is 14.2 Å². The average molecular weight is 650 g/mol. The highest BCUT2D eigenvalue weighted by Gasteiger charge is 2.32. The minimum atomic E-state index is -4.50. The maximum Gasteiger partial charge on any atom is 0.412 e. The van der Waals surface area contributed by atoms with Crippen LogP contribution >= 0.6 is 11.3 Å². The van der Waals surface area contributed by atoms with Crippen LogP contribution in [-0.2, 0) is 16.6 Å². The first-order valence-corrected chi connectivity index (χ1v) is 14.9. The number of alkyl halides is 4. The van der Waals surface area contributed by atoms with E-state index in [2.05, 4.69) is 27.5 Å².